The molecule has 0 amide bonds. The number of benzene rings is 2. The normalized spacial score (nSPS) is 12.2. The van der Waals surface area contributed by atoms with Gasteiger partial charge in [-0.2, -0.15) is 0 Å². The maximum absolute atomic E-state index is 13.0. The van der Waals surface area contributed by atoms with Gasteiger partial charge in [0.05, 0.1) is 36.3 Å². The zero-order valence-corrected chi connectivity index (χ0v) is 14.4. The molecule has 0 fully saturated rings. The molecule has 0 atom stereocenters. The summed E-state index contributed by atoms with van der Waals surface area (Å²) in [5, 5.41) is 9.71. The van der Waals surface area contributed by atoms with Crippen LogP contribution in [-0.2, 0) is 6.54 Å². The fourth-order valence-corrected chi connectivity index (χ4v) is 4.23. The summed E-state index contributed by atoms with van der Waals surface area (Å²) >= 11 is 1.51. The highest BCUT2D eigenvalue weighted by molar-refractivity contribution is 7.99. The second-order valence-corrected chi connectivity index (χ2v) is 6.70. The minimum atomic E-state index is -0.440. The van der Waals surface area contributed by atoms with Crippen molar-refractivity contribution in [3.8, 4) is 11.4 Å². The number of aliphatic hydroxyl groups excluding tert-OH is 1. The van der Waals surface area contributed by atoms with Gasteiger partial charge in [0.15, 0.2) is 0 Å². The molecule has 3 aromatic rings. The molecule has 0 saturated carbocycles. The van der Waals surface area contributed by atoms with E-state index in [-0.39, 0.29) is 18.7 Å². The van der Waals surface area contributed by atoms with Gasteiger partial charge in [-0.3, -0.25) is 13.9 Å². The lowest BCUT2D eigenvalue weighted by Gasteiger charge is -2.23. The van der Waals surface area contributed by atoms with Crippen molar-refractivity contribution in [2.24, 2.45) is 0 Å². The topological polar surface area (TPSA) is 73.5 Å². The van der Waals surface area contributed by atoms with Gasteiger partial charge in [0, 0.05) is 9.79 Å². The van der Waals surface area contributed by atoms with Crippen molar-refractivity contribution in [3.63, 3.8) is 0 Å². The molecule has 6 nitrogen and oxygen atoms in total. The van der Waals surface area contributed by atoms with Crippen LogP contribution in [0.4, 0.5) is 0 Å². The zero-order chi connectivity index (χ0) is 17.6. The molecule has 1 aliphatic heterocycles. The third-order valence-corrected chi connectivity index (χ3v) is 5.24. The minimum absolute atomic E-state index is 0.0304. The number of aliphatic hydroxyl groups is 1. The first-order valence-corrected chi connectivity index (χ1v) is 8.82. The van der Waals surface area contributed by atoms with E-state index in [0.29, 0.717) is 23.2 Å². The summed E-state index contributed by atoms with van der Waals surface area (Å²) in [7, 11) is 0. The Labute approximate surface area is 147 Å². The number of para-hydroxylation sites is 1. The highest BCUT2D eigenvalue weighted by atomic mass is 32.2. The van der Waals surface area contributed by atoms with Gasteiger partial charge in [0.25, 0.3) is 5.56 Å². The quantitative estimate of drug-likeness (QED) is 0.605. The number of ether oxygens (including phenoxy) is 1. The molecular weight excluding hydrogens is 340 g/mol. The molecule has 0 unspecified atom stereocenters. The smallest absolute Gasteiger partial charge is 0.336 e. The van der Waals surface area contributed by atoms with Crippen molar-refractivity contribution < 1.29 is 9.84 Å². The Hall–Kier alpha value is -2.51. The molecule has 2 heterocycles. The van der Waals surface area contributed by atoms with Crippen LogP contribution in [0.25, 0.3) is 16.6 Å². The number of hydrogen-bond donors (Lipinski definition) is 1. The highest BCUT2D eigenvalue weighted by Gasteiger charge is 2.24. The second-order valence-electron chi connectivity index (χ2n) is 5.62. The molecule has 1 aromatic heterocycles. The summed E-state index contributed by atoms with van der Waals surface area (Å²) in [6.07, 6.45) is 0. The largest absolute Gasteiger partial charge is 0.494 e. The molecule has 1 N–H and O–H groups in total. The summed E-state index contributed by atoms with van der Waals surface area (Å²) in [5.41, 5.74) is 0.522. The van der Waals surface area contributed by atoms with Crippen molar-refractivity contribution in [2.45, 2.75) is 23.3 Å². The molecule has 4 rings (SSSR count). The first-order valence-electron chi connectivity index (χ1n) is 8.00. The molecule has 25 heavy (non-hydrogen) atoms. The predicted molar refractivity (Wildman–Crippen MR) is 96.2 cm³/mol. The summed E-state index contributed by atoms with van der Waals surface area (Å²) in [6, 6.07) is 11.0. The lowest BCUT2D eigenvalue weighted by atomic mass is 10.2. The van der Waals surface area contributed by atoms with E-state index in [1.54, 1.807) is 10.6 Å². The van der Waals surface area contributed by atoms with Gasteiger partial charge >= 0.3 is 5.69 Å². The fraction of sp³-hybridized carbons (Fsp3) is 0.222. The Morgan fingerprint density at radius 2 is 2.00 bits per heavy atom. The Morgan fingerprint density at radius 3 is 2.76 bits per heavy atom. The summed E-state index contributed by atoms with van der Waals surface area (Å²) in [6.45, 7) is 2.18. The Morgan fingerprint density at radius 1 is 1.16 bits per heavy atom. The number of hydrogen-bond acceptors (Lipinski definition) is 5. The fourth-order valence-electron chi connectivity index (χ4n) is 3.11. The predicted octanol–water partition coefficient (Wildman–Crippen LogP) is 2.01. The van der Waals surface area contributed by atoms with Crippen LogP contribution in [0.1, 0.15) is 6.92 Å². The minimum Gasteiger partial charge on any atom is -0.494 e. The van der Waals surface area contributed by atoms with Gasteiger partial charge in [-0.1, -0.05) is 17.8 Å². The van der Waals surface area contributed by atoms with E-state index in [0.717, 1.165) is 20.1 Å². The summed E-state index contributed by atoms with van der Waals surface area (Å²) in [5.74, 6) is 0.737. The van der Waals surface area contributed by atoms with Crippen molar-refractivity contribution >= 4 is 22.7 Å². The van der Waals surface area contributed by atoms with Gasteiger partial charge in [0.1, 0.15) is 5.75 Å². The maximum Gasteiger partial charge on any atom is 0.336 e. The molecule has 0 radical (unpaired) electrons. The number of aromatic nitrogens is 2. The van der Waals surface area contributed by atoms with Crippen molar-refractivity contribution in [2.75, 3.05) is 13.2 Å². The standard InChI is InChI=1S/C18H16N2O4S/c1-2-24-11-6-7-13-15(10-11)25-14-5-3-4-12-16(14)20(13)18(23)19(8-9-21)17(12)22/h3-7,10,21H,2,8-9H2,1H3. The molecule has 0 bridgehead atoms. The van der Waals surface area contributed by atoms with E-state index in [9.17, 15) is 14.7 Å². The van der Waals surface area contributed by atoms with Crippen LogP contribution in [0, 0.1) is 0 Å². The van der Waals surface area contributed by atoms with E-state index in [1.807, 2.05) is 37.3 Å². The monoisotopic (exact) mass is 356 g/mol. The first kappa shape index (κ1) is 16.0. The van der Waals surface area contributed by atoms with Gasteiger partial charge in [-0.05, 0) is 37.3 Å². The van der Waals surface area contributed by atoms with Crippen LogP contribution in [0.5, 0.6) is 5.75 Å². The van der Waals surface area contributed by atoms with E-state index in [4.69, 9.17) is 4.74 Å². The Kier molecular flexibility index (Phi) is 3.89. The molecular formula is C18H16N2O4S. The third kappa shape index (κ3) is 2.39. The first-order chi connectivity index (χ1) is 12.2. The molecule has 7 heteroatoms. The highest BCUT2D eigenvalue weighted by Crippen LogP contribution is 2.42. The van der Waals surface area contributed by atoms with E-state index in [2.05, 4.69) is 0 Å². The number of fused-ring (bicyclic) bond motifs is 2. The van der Waals surface area contributed by atoms with Crippen molar-refractivity contribution in [1.82, 2.24) is 9.13 Å². The molecule has 0 saturated heterocycles. The SMILES string of the molecule is CCOc1ccc2c(c1)Sc1cccc3c(=O)n(CCO)c(=O)n-2c13. The number of rotatable bonds is 4. The van der Waals surface area contributed by atoms with Gasteiger partial charge < -0.3 is 9.84 Å². The van der Waals surface area contributed by atoms with Crippen LogP contribution < -0.4 is 16.0 Å². The summed E-state index contributed by atoms with van der Waals surface area (Å²) in [4.78, 5) is 27.3. The number of nitrogens with zero attached hydrogens (tertiary/aromatic N) is 2. The molecule has 1 aliphatic rings. The van der Waals surface area contributed by atoms with E-state index in [1.165, 1.54) is 11.8 Å². The molecule has 128 valence electrons. The van der Waals surface area contributed by atoms with Crippen LogP contribution in [-0.4, -0.2) is 27.5 Å². The van der Waals surface area contributed by atoms with Crippen LogP contribution in [0.2, 0.25) is 0 Å². The molecule has 2 aromatic carbocycles. The maximum atomic E-state index is 13.0. The second kappa shape index (κ2) is 6.09. The van der Waals surface area contributed by atoms with Gasteiger partial charge in [-0.25, -0.2) is 4.79 Å². The van der Waals surface area contributed by atoms with E-state index >= 15 is 0 Å². The third-order valence-electron chi connectivity index (χ3n) is 4.15. The van der Waals surface area contributed by atoms with Crippen LogP contribution >= 0.6 is 11.8 Å². The lowest BCUT2D eigenvalue weighted by molar-refractivity contribution is 0.271. The average molecular weight is 356 g/mol. The average Bonchev–Trinajstić information content (AvgIpc) is 2.62. The summed E-state index contributed by atoms with van der Waals surface area (Å²) < 4.78 is 8.20. The lowest BCUT2D eigenvalue weighted by Crippen LogP contribution is -2.41. The Bertz CT molecular complexity index is 1100. The van der Waals surface area contributed by atoms with E-state index < -0.39 is 5.69 Å². The Balaban J connectivity index is 2.10. The van der Waals surface area contributed by atoms with Crippen molar-refractivity contribution in [1.29, 1.82) is 0 Å². The van der Waals surface area contributed by atoms with Gasteiger partial charge in [0.2, 0.25) is 0 Å². The molecule has 0 spiro atoms. The van der Waals surface area contributed by atoms with Gasteiger partial charge in [-0.15, -0.1) is 0 Å². The zero-order valence-electron chi connectivity index (χ0n) is 13.6. The van der Waals surface area contributed by atoms with Crippen molar-refractivity contribution in [3.05, 3.63) is 57.2 Å². The van der Waals surface area contributed by atoms with Crippen LogP contribution in [0.15, 0.2) is 55.8 Å². The van der Waals surface area contributed by atoms with Crippen LogP contribution in [0.3, 0.4) is 0 Å². The molecule has 0 aliphatic carbocycles.